The number of hydrogen-bond donors (Lipinski definition) is 0. The summed E-state index contributed by atoms with van der Waals surface area (Å²) >= 11 is 0. The van der Waals surface area contributed by atoms with E-state index < -0.39 is 9.84 Å². The molecule has 0 saturated carbocycles. The van der Waals surface area contributed by atoms with Gasteiger partial charge < -0.3 is 9.47 Å². The topological polar surface area (TPSA) is 77.3 Å². The third-order valence-corrected chi connectivity index (χ3v) is 5.91. The SMILES string of the molecule is COc1cccc(N=Nc2ccc(OC)cc2S(=O)(=O)c2ccc(C)cc2)c1. The molecule has 7 heteroatoms. The van der Waals surface area contributed by atoms with Crippen molar-refractivity contribution in [2.45, 2.75) is 16.7 Å². The van der Waals surface area contributed by atoms with Crippen LogP contribution >= 0.6 is 0 Å². The molecular weight excluding hydrogens is 376 g/mol. The molecule has 3 aromatic carbocycles. The summed E-state index contributed by atoms with van der Waals surface area (Å²) in [5.74, 6) is 1.06. The molecule has 0 fully saturated rings. The third-order valence-electron chi connectivity index (χ3n) is 4.11. The molecular formula is C21H20N2O4S. The zero-order chi connectivity index (χ0) is 20.1. The van der Waals surface area contributed by atoms with E-state index in [9.17, 15) is 8.42 Å². The van der Waals surface area contributed by atoms with Crippen LogP contribution in [0.1, 0.15) is 5.56 Å². The molecule has 0 N–H and O–H groups in total. The molecule has 28 heavy (non-hydrogen) atoms. The van der Waals surface area contributed by atoms with E-state index in [1.807, 2.05) is 6.92 Å². The van der Waals surface area contributed by atoms with Gasteiger partial charge in [0.05, 0.1) is 24.8 Å². The van der Waals surface area contributed by atoms with Crippen LogP contribution in [0, 0.1) is 6.92 Å². The molecule has 0 bridgehead atoms. The van der Waals surface area contributed by atoms with E-state index in [4.69, 9.17) is 9.47 Å². The Morgan fingerprint density at radius 1 is 0.786 bits per heavy atom. The summed E-state index contributed by atoms with van der Waals surface area (Å²) in [6.45, 7) is 1.90. The maximum absolute atomic E-state index is 13.2. The molecule has 0 aliphatic carbocycles. The van der Waals surface area contributed by atoms with Gasteiger partial charge in [-0.15, -0.1) is 5.11 Å². The van der Waals surface area contributed by atoms with Crippen LogP contribution in [0.25, 0.3) is 0 Å². The fraction of sp³-hybridized carbons (Fsp3) is 0.143. The molecule has 3 aromatic rings. The van der Waals surface area contributed by atoms with E-state index in [0.29, 0.717) is 17.2 Å². The molecule has 0 atom stereocenters. The van der Waals surface area contributed by atoms with Crippen LogP contribution in [0.15, 0.2) is 86.7 Å². The van der Waals surface area contributed by atoms with Gasteiger partial charge in [0.25, 0.3) is 0 Å². The monoisotopic (exact) mass is 396 g/mol. The number of nitrogens with zero attached hydrogens (tertiary/aromatic N) is 2. The summed E-state index contributed by atoms with van der Waals surface area (Å²) in [5.41, 5.74) is 1.75. The number of sulfone groups is 1. The minimum absolute atomic E-state index is 0.0300. The van der Waals surface area contributed by atoms with E-state index in [1.54, 1.807) is 67.8 Å². The molecule has 6 nitrogen and oxygen atoms in total. The largest absolute Gasteiger partial charge is 0.497 e. The highest BCUT2D eigenvalue weighted by atomic mass is 32.2. The van der Waals surface area contributed by atoms with Crippen LogP contribution in [0.2, 0.25) is 0 Å². The van der Waals surface area contributed by atoms with Gasteiger partial charge in [-0.1, -0.05) is 23.8 Å². The molecule has 0 aliphatic rings. The molecule has 0 radical (unpaired) electrons. The lowest BCUT2D eigenvalue weighted by atomic mass is 10.2. The summed E-state index contributed by atoms with van der Waals surface area (Å²) in [4.78, 5) is 0.214. The van der Waals surface area contributed by atoms with Crippen LogP contribution in [0.5, 0.6) is 11.5 Å². The van der Waals surface area contributed by atoms with E-state index in [-0.39, 0.29) is 15.5 Å². The predicted octanol–water partition coefficient (Wildman–Crippen LogP) is 5.26. The van der Waals surface area contributed by atoms with E-state index in [0.717, 1.165) is 5.56 Å². The minimum Gasteiger partial charge on any atom is -0.497 e. The quantitative estimate of drug-likeness (QED) is 0.533. The standard InChI is InChI=1S/C21H20N2O4S/c1-15-7-10-19(11-8-15)28(24,25)21-14-18(27-3)9-12-20(21)23-22-16-5-4-6-17(13-16)26-2/h4-14H,1-3H3. The molecule has 0 spiro atoms. The van der Waals surface area contributed by atoms with E-state index in [2.05, 4.69) is 10.2 Å². The molecule has 0 aromatic heterocycles. The number of ether oxygens (including phenoxy) is 2. The van der Waals surface area contributed by atoms with Gasteiger partial charge in [-0.05, 0) is 43.3 Å². The Bertz CT molecular complexity index is 1110. The number of hydrogen-bond acceptors (Lipinski definition) is 6. The van der Waals surface area contributed by atoms with Crippen molar-refractivity contribution in [3.63, 3.8) is 0 Å². The molecule has 0 heterocycles. The van der Waals surface area contributed by atoms with Crippen LogP contribution in [0.3, 0.4) is 0 Å². The number of aryl methyl sites for hydroxylation is 1. The van der Waals surface area contributed by atoms with Crippen molar-refractivity contribution < 1.29 is 17.9 Å². The van der Waals surface area contributed by atoms with Gasteiger partial charge in [0.1, 0.15) is 22.1 Å². The van der Waals surface area contributed by atoms with Crippen LogP contribution < -0.4 is 9.47 Å². The van der Waals surface area contributed by atoms with E-state index in [1.165, 1.54) is 13.2 Å². The lowest BCUT2D eigenvalue weighted by molar-refractivity contribution is 0.413. The first-order chi connectivity index (χ1) is 13.4. The average molecular weight is 396 g/mol. The first-order valence-corrected chi connectivity index (χ1v) is 9.98. The predicted molar refractivity (Wildman–Crippen MR) is 107 cm³/mol. The van der Waals surface area contributed by atoms with Crippen molar-refractivity contribution in [2.24, 2.45) is 10.2 Å². The summed E-state index contributed by atoms with van der Waals surface area (Å²) < 4.78 is 36.7. The second kappa shape index (κ2) is 8.22. The van der Waals surface area contributed by atoms with E-state index >= 15 is 0 Å². The number of azo groups is 1. The first-order valence-electron chi connectivity index (χ1n) is 8.49. The maximum Gasteiger partial charge on any atom is 0.208 e. The Hall–Kier alpha value is -3.19. The van der Waals surface area contributed by atoms with Crippen LogP contribution in [0.4, 0.5) is 11.4 Å². The second-order valence-electron chi connectivity index (χ2n) is 6.05. The lowest BCUT2D eigenvalue weighted by Crippen LogP contribution is -2.03. The van der Waals surface area contributed by atoms with Gasteiger partial charge in [0.2, 0.25) is 9.84 Å². The Morgan fingerprint density at radius 3 is 2.14 bits per heavy atom. The Kier molecular flexibility index (Phi) is 5.75. The van der Waals surface area contributed by atoms with Crippen molar-refractivity contribution in [3.8, 4) is 11.5 Å². The smallest absolute Gasteiger partial charge is 0.208 e. The van der Waals surface area contributed by atoms with Gasteiger partial charge in [-0.2, -0.15) is 5.11 Å². The normalized spacial score (nSPS) is 11.5. The van der Waals surface area contributed by atoms with Gasteiger partial charge in [0.15, 0.2) is 0 Å². The number of rotatable bonds is 6. The highest BCUT2D eigenvalue weighted by molar-refractivity contribution is 7.91. The first kappa shape index (κ1) is 19.6. The number of benzene rings is 3. The van der Waals surface area contributed by atoms with Crippen molar-refractivity contribution in [2.75, 3.05) is 14.2 Å². The second-order valence-corrected chi connectivity index (χ2v) is 7.97. The Balaban J connectivity index is 2.07. The van der Waals surface area contributed by atoms with Crippen LogP contribution in [-0.2, 0) is 9.84 Å². The molecule has 3 rings (SSSR count). The van der Waals surface area contributed by atoms with Crippen LogP contribution in [-0.4, -0.2) is 22.6 Å². The molecule has 0 amide bonds. The maximum atomic E-state index is 13.2. The Labute approximate surface area is 164 Å². The Morgan fingerprint density at radius 2 is 1.46 bits per heavy atom. The van der Waals surface area contributed by atoms with Gasteiger partial charge >= 0.3 is 0 Å². The number of methoxy groups -OCH3 is 2. The lowest BCUT2D eigenvalue weighted by Gasteiger charge is -2.09. The summed E-state index contributed by atoms with van der Waals surface area (Å²) in [7, 11) is -0.752. The summed E-state index contributed by atoms with van der Waals surface area (Å²) in [6.07, 6.45) is 0. The third kappa shape index (κ3) is 4.20. The van der Waals surface area contributed by atoms with Crippen molar-refractivity contribution in [3.05, 3.63) is 72.3 Å². The zero-order valence-electron chi connectivity index (χ0n) is 15.8. The highest BCUT2D eigenvalue weighted by Crippen LogP contribution is 2.34. The van der Waals surface area contributed by atoms with Gasteiger partial charge in [-0.25, -0.2) is 8.42 Å². The van der Waals surface area contributed by atoms with Crippen molar-refractivity contribution in [1.82, 2.24) is 0 Å². The fourth-order valence-corrected chi connectivity index (χ4v) is 3.95. The average Bonchev–Trinajstić information content (AvgIpc) is 2.72. The van der Waals surface area contributed by atoms with Gasteiger partial charge in [0, 0.05) is 12.1 Å². The zero-order valence-corrected chi connectivity index (χ0v) is 16.6. The van der Waals surface area contributed by atoms with Crippen molar-refractivity contribution in [1.29, 1.82) is 0 Å². The molecule has 0 saturated heterocycles. The fourth-order valence-electron chi connectivity index (χ4n) is 2.55. The molecule has 0 unspecified atom stereocenters. The molecule has 0 aliphatic heterocycles. The van der Waals surface area contributed by atoms with Gasteiger partial charge in [-0.3, -0.25) is 0 Å². The summed E-state index contributed by atoms with van der Waals surface area (Å²) in [6, 6.07) is 18.4. The van der Waals surface area contributed by atoms with Crippen molar-refractivity contribution >= 4 is 21.2 Å². The molecule has 144 valence electrons. The minimum atomic E-state index is -3.79. The highest BCUT2D eigenvalue weighted by Gasteiger charge is 2.22. The summed E-state index contributed by atoms with van der Waals surface area (Å²) in [5, 5.41) is 8.33.